The number of nitro benzene ring substituents is 1. The molecule has 0 spiro atoms. The normalized spacial score (nSPS) is 17.3. The summed E-state index contributed by atoms with van der Waals surface area (Å²) < 4.78 is 0. The molecule has 1 aliphatic rings. The highest BCUT2D eigenvalue weighted by Crippen LogP contribution is 2.32. The van der Waals surface area contributed by atoms with Crippen molar-refractivity contribution in [3.8, 4) is 0 Å². The Labute approximate surface area is 169 Å². The molecule has 1 heterocycles. The van der Waals surface area contributed by atoms with Gasteiger partial charge in [-0.05, 0) is 38.6 Å². The lowest BCUT2D eigenvalue weighted by Crippen LogP contribution is -2.44. The third-order valence-electron chi connectivity index (χ3n) is 5.24. The van der Waals surface area contributed by atoms with Crippen LogP contribution in [0.5, 0.6) is 0 Å². The van der Waals surface area contributed by atoms with E-state index in [0.717, 1.165) is 5.56 Å². The van der Waals surface area contributed by atoms with Crippen LogP contribution in [-0.4, -0.2) is 41.3 Å². The maximum absolute atomic E-state index is 13.2. The van der Waals surface area contributed by atoms with Gasteiger partial charge < -0.3 is 10.2 Å². The highest BCUT2D eigenvalue weighted by atomic mass is 16.6. The quantitative estimate of drug-likeness (QED) is 0.618. The molecule has 152 valence electrons. The molecular formula is C21H24N4O4. The molecule has 0 saturated carbocycles. The van der Waals surface area contributed by atoms with Crippen molar-refractivity contribution in [3.63, 3.8) is 0 Å². The fraction of sp³-hybridized carbons (Fsp3) is 0.333. The van der Waals surface area contributed by atoms with E-state index < -0.39 is 4.92 Å². The number of anilines is 2. The zero-order chi connectivity index (χ0) is 21.1. The second kappa shape index (κ2) is 8.40. The van der Waals surface area contributed by atoms with Crippen LogP contribution in [0.1, 0.15) is 31.9 Å². The summed E-state index contributed by atoms with van der Waals surface area (Å²) in [4.78, 5) is 39.4. The second-order valence-electron chi connectivity index (χ2n) is 7.33. The Hall–Kier alpha value is -3.26. The van der Waals surface area contributed by atoms with Crippen LogP contribution in [0.4, 0.5) is 17.1 Å². The highest BCUT2D eigenvalue weighted by Gasteiger charge is 2.30. The van der Waals surface area contributed by atoms with E-state index in [2.05, 4.69) is 5.32 Å². The third kappa shape index (κ3) is 4.43. The maximum atomic E-state index is 13.2. The van der Waals surface area contributed by atoms with Gasteiger partial charge in [-0.15, -0.1) is 0 Å². The fourth-order valence-corrected chi connectivity index (χ4v) is 3.55. The summed E-state index contributed by atoms with van der Waals surface area (Å²) in [6.45, 7) is 3.86. The van der Waals surface area contributed by atoms with Gasteiger partial charge in [0.2, 0.25) is 11.8 Å². The topological polar surface area (TPSA) is 95.8 Å². The molecule has 1 aliphatic heterocycles. The molecular weight excluding hydrogens is 372 g/mol. The number of likely N-dealkylation sites (N-methyl/N-ethyl adjacent to an activating group) is 1. The number of hydrogen-bond acceptors (Lipinski definition) is 5. The van der Waals surface area contributed by atoms with Crippen molar-refractivity contribution in [1.82, 2.24) is 4.90 Å². The van der Waals surface area contributed by atoms with E-state index >= 15 is 0 Å². The monoisotopic (exact) mass is 396 g/mol. The number of nitrogens with zero attached hydrogens (tertiary/aromatic N) is 3. The summed E-state index contributed by atoms with van der Waals surface area (Å²) in [6.07, 6.45) is 0.213. The molecule has 2 atom stereocenters. The fourth-order valence-electron chi connectivity index (χ4n) is 3.55. The molecule has 2 aromatic rings. The number of amides is 2. The Morgan fingerprint density at radius 1 is 1.31 bits per heavy atom. The van der Waals surface area contributed by atoms with Crippen LogP contribution in [-0.2, 0) is 9.59 Å². The molecule has 1 N–H and O–H groups in total. The zero-order valence-corrected chi connectivity index (χ0v) is 16.7. The molecule has 2 unspecified atom stereocenters. The van der Waals surface area contributed by atoms with Gasteiger partial charge in [0.1, 0.15) is 0 Å². The molecule has 0 aromatic heterocycles. The third-order valence-corrected chi connectivity index (χ3v) is 5.24. The standard InChI is InChI=1S/C21H24N4O4/c1-14-11-20(26)22-18-9-4-5-10-19(18)24(14)21(27)13-23(3)15(2)16-7-6-8-17(12-16)25(28)29/h4-10,12,14-15H,11,13H2,1-3H3,(H,22,26). The van der Waals surface area contributed by atoms with Gasteiger partial charge in [0, 0.05) is 30.6 Å². The number of non-ortho nitro benzene ring substituents is 1. The number of hydrogen-bond donors (Lipinski definition) is 1. The van der Waals surface area contributed by atoms with Crippen molar-refractivity contribution in [3.05, 3.63) is 64.2 Å². The van der Waals surface area contributed by atoms with Gasteiger partial charge in [-0.25, -0.2) is 0 Å². The summed E-state index contributed by atoms with van der Waals surface area (Å²) in [6, 6.07) is 13.2. The maximum Gasteiger partial charge on any atom is 0.269 e. The van der Waals surface area contributed by atoms with Gasteiger partial charge in [-0.2, -0.15) is 0 Å². The van der Waals surface area contributed by atoms with Crippen molar-refractivity contribution in [2.75, 3.05) is 23.8 Å². The molecule has 2 amide bonds. The van der Waals surface area contributed by atoms with E-state index in [4.69, 9.17) is 0 Å². The zero-order valence-electron chi connectivity index (χ0n) is 16.7. The minimum atomic E-state index is -0.429. The Kier molecular flexibility index (Phi) is 5.93. The number of carbonyl (C=O) groups excluding carboxylic acids is 2. The van der Waals surface area contributed by atoms with Crippen LogP contribution in [0.15, 0.2) is 48.5 Å². The number of nitro groups is 1. The molecule has 29 heavy (non-hydrogen) atoms. The van der Waals surface area contributed by atoms with Gasteiger partial charge in [-0.3, -0.25) is 24.6 Å². The van der Waals surface area contributed by atoms with Crippen molar-refractivity contribution in [1.29, 1.82) is 0 Å². The lowest BCUT2D eigenvalue weighted by atomic mass is 10.1. The van der Waals surface area contributed by atoms with Crippen molar-refractivity contribution < 1.29 is 14.5 Å². The number of rotatable bonds is 5. The van der Waals surface area contributed by atoms with E-state index in [1.807, 2.05) is 43.0 Å². The molecule has 0 aliphatic carbocycles. The smallest absolute Gasteiger partial charge is 0.269 e. The van der Waals surface area contributed by atoms with Gasteiger partial charge in [0.15, 0.2) is 0 Å². The molecule has 0 radical (unpaired) electrons. The Bertz CT molecular complexity index is 946. The van der Waals surface area contributed by atoms with Gasteiger partial charge >= 0.3 is 0 Å². The molecule has 0 fully saturated rings. The van der Waals surface area contributed by atoms with E-state index in [1.54, 1.807) is 24.1 Å². The van der Waals surface area contributed by atoms with E-state index in [1.165, 1.54) is 12.1 Å². The SMILES string of the molecule is CC(c1cccc([N+](=O)[O-])c1)N(C)CC(=O)N1c2ccccc2NC(=O)CC1C. The highest BCUT2D eigenvalue weighted by molar-refractivity contribution is 6.04. The summed E-state index contributed by atoms with van der Waals surface area (Å²) >= 11 is 0. The predicted octanol–water partition coefficient (Wildman–Crippen LogP) is 3.35. The average Bonchev–Trinajstić information content (AvgIpc) is 2.81. The largest absolute Gasteiger partial charge is 0.324 e. The molecule has 0 saturated heterocycles. The first-order valence-electron chi connectivity index (χ1n) is 9.43. The van der Waals surface area contributed by atoms with Gasteiger partial charge in [-0.1, -0.05) is 24.3 Å². The molecule has 0 bridgehead atoms. The summed E-state index contributed by atoms with van der Waals surface area (Å²) in [5, 5.41) is 13.9. The predicted molar refractivity (Wildman–Crippen MR) is 111 cm³/mol. The lowest BCUT2D eigenvalue weighted by molar-refractivity contribution is -0.384. The van der Waals surface area contributed by atoms with Crippen LogP contribution < -0.4 is 10.2 Å². The number of fused-ring (bicyclic) bond motifs is 1. The van der Waals surface area contributed by atoms with E-state index in [0.29, 0.717) is 11.4 Å². The average molecular weight is 396 g/mol. The van der Waals surface area contributed by atoms with Crippen LogP contribution in [0.3, 0.4) is 0 Å². The Balaban J connectivity index is 1.81. The van der Waals surface area contributed by atoms with E-state index in [9.17, 15) is 19.7 Å². The van der Waals surface area contributed by atoms with Crippen LogP contribution >= 0.6 is 0 Å². The van der Waals surface area contributed by atoms with Crippen molar-refractivity contribution >= 4 is 28.9 Å². The van der Waals surface area contributed by atoms with Crippen molar-refractivity contribution in [2.24, 2.45) is 0 Å². The first-order chi connectivity index (χ1) is 13.8. The first-order valence-corrected chi connectivity index (χ1v) is 9.43. The number of nitrogens with one attached hydrogen (secondary N) is 1. The summed E-state index contributed by atoms with van der Waals surface area (Å²) in [5.74, 6) is -0.264. The minimum absolute atomic E-state index is 0.0220. The van der Waals surface area contributed by atoms with Crippen molar-refractivity contribution in [2.45, 2.75) is 32.4 Å². The van der Waals surface area contributed by atoms with Crippen LogP contribution in [0.2, 0.25) is 0 Å². The number of benzene rings is 2. The van der Waals surface area contributed by atoms with Crippen LogP contribution in [0.25, 0.3) is 0 Å². The number of para-hydroxylation sites is 2. The van der Waals surface area contributed by atoms with Gasteiger partial charge in [0.25, 0.3) is 5.69 Å². The first kappa shape index (κ1) is 20.5. The van der Waals surface area contributed by atoms with Gasteiger partial charge in [0.05, 0.1) is 22.8 Å². The minimum Gasteiger partial charge on any atom is -0.324 e. The molecule has 8 heteroatoms. The summed E-state index contributed by atoms with van der Waals surface area (Å²) in [5.41, 5.74) is 2.07. The summed E-state index contributed by atoms with van der Waals surface area (Å²) in [7, 11) is 1.80. The van der Waals surface area contributed by atoms with Crippen LogP contribution in [0, 0.1) is 10.1 Å². The lowest BCUT2D eigenvalue weighted by Gasteiger charge is -2.31. The van der Waals surface area contributed by atoms with E-state index in [-0.39, 0.29) is 42.6 Å². The molecule has 3 rings (SSSR count). The Morgan fingerprint density at radius 2 is 2.03 bits per heavy atom. The molecule has 2 aromatic carbocycles. The second-order valence-corrected chi connectivity index (χ2v) is 7.33. The number of carbonyl (C=O) groups is 2. The molecule has 8 nitrogen and oxygen atoms in total. The Morgan fingerprint density at radius 3 is 2.76 bits per heavy atom.